The molecule has 4 amide bonds. The maximum absolute atomic E-state index is 14.5. The summed E-state index contributed by atoms with van der Waals surface area (Å²) in [6, 6.07) is 17.8. The molecular formula is C36H30ClFN2O5. The number of nitrogens with zero attached hydrogens (tertiary/aromatic N) is 2. The van der Waals surface area contributed by atoms with Gasteiger partial charge in [-0.25, -0.2) is 9.29 Å². The molecule has 2 aliphatic carbocycles. The molecule has 2 heterocycles. The van der Waals surface area contributed by atoms with Gasteiger partial charge in [0.05, 0.1) is 39.6 Å². The number of carbonyl (C=O) groups excluding carboxylic acids is 4. The molecular weight excluding hydrogens is 595 g/mol. The Morgan fingerprint density at radius 2 is 1.71 bits per heavy atom. The summed E-state index contributed by atoms with van der Waals surface area (Å²) in [4.78, 5) is 59.0. The van der Waals surface area contributed by atoms with Gasteiger partial charge in [-0.1, -0.05) is 65.7 Å². The van der Waals surface area contributed by atoms with Crippen LogP contribution in [-0.2, 0) is 25.6 Å². The van der Waals surface area contributed by atoms with E-state index in [1.54, 1.807) is 55.5 Å². The lowest BCUT2D eigenvalue weighted by Gasteiger charge is -2.49. The molecule has 7 rings (SSSR count). The zero-order chi connectivity index (χ0) is 31.8. The van der Waals surface area contributed by atoms with Gasteiger partial charge < -0.3 is 5.11 Å². The lowest BCUT2D eigenvalue weighted by atomic mass is 9.51. The molecule has 1 saturated carbocycles. The Morgan fingerprint density at radius 3 is 2.42 bits per heavy atom. The van der Waals surface area contributed by atoms with E-state index in [0.29, 0.717) is 23.2 Å². The molecule has 0 unspecified atom stereocenters. The number of hydrogen-bond acceptors (Lipinski definition) is 5. The van der Waals surface area contributed by atoms with E-state index in [1.807, 2.05) is 12.1 Å². The molecule has 7 nitrogen and oxygen atoms in total. The third-order valence-electron chi connectivity index (χ3n) is 10.3. The lowest BCUT2D eigenvalue weighted by Crippen LogP contribution is -2.49. The Balaban J connectivity index is 1.40. The Bertz CT molecular complexity index is 1840. The molecule has 6 atom stereocenters. The van der Waals surface area contributed by atoms with Gasteiger partial charge in [-0.2, -0.15) is 0 Å². The van der Waals surface area contributed by atoms with Crippen LogP contribution in [0.25, 0.3) is 0 Å². The molecule has 4 aliphatic rings. The van der Waals surface area contributed by atoms with E-state index in [2.05, 4.69) is 6.58 Å². The Labute approximate surface area is 264 Å². The fourth-order valence-electron chi connectivity index (χ4n) is 8.23. The maximum atomic E-state index is 14.5. The average molecular weight is 625 g/mol. The molecule has 0 spiro atoms. The summed E-state index contributed by atoms with van der Waals surface area (Å²) >= 11 is 6.07. The molecule has 2 saturated heterocycles. The number of hydrogen-bond donors (Lipinski definition) is 1. The highest BCUT2D eigenvalue weighted by molar-refractivity contribution is 6.32. The van der Waals surface area contributed by atoms with E-state index in [9.17, 15) is 28.7 Å². The summed E-state index contributed by atoms with van der Waals surface area (Å²) in [5.74, 6) is -5.86. The number of allylic oxidation sites excluding steroid dienone is 3. The molecule has 3 aromatic rings. The molecule has 9 heteroatoms. The SMILES string of the molecule is C=CCc1cccc([C@H]2C3=CC[C@@H]4C(=O)N(c5ccccc5)C(=O)[C@@H]4[C@@H]3C[C@H]3C(=O)N(c4ccc(F)c(Cl)c4)C(=O)[C@@]23C)c1O. The molecule has 0 aromatic heterocycles. The van der Waals surface area contributed by atoms with Crippen LogP contribution in [0.1, 0.15) is 36.8 Å². The Morgan fingerprint density at radius 1 is 0.956 bits per heavy atom. The Hall–Kier alpha value is -4.56. The van der Waals surface area contributed by atoms with Gasteiger partial charge in [-0.05, 0) is 68.0 Å². The van der Waals surface area contributed by atoms with Crippen LogP contribution >= 0.6 is 11.6 Å². The summed E-state index contributed by atoms with van der Waals surface area (Å²) in [5, 5.41) is 11.4. The number of para-hydroxylation sites is 2. The van der Waals surface area contributed by atoms with E-state index >= 15 is 0 Å². The summed E-state index contributed by atoms with van der Waals surface area (Å²) in [6.07, 6.45) is 4.43. The standard InChI is InChI=1S/C36H30ClFN2O5/c1-3-8-19-9-7-12-24(31(19)41)30-22-14-15-23-29(34(44)39(32(23)42)20-10-5-4-6-11-20)25(22)18-26-33(43)40(35(45)36(26,30)2)21-13-16-28(38)27(37)17-21/h3-7,9-14,16-17,23,25-26,29-30,41H,1,8,15,18H2,2H3/t23-,25+,26-,29-,30+,36+/m0/s1. The molecule has 45 heavy (non-hydrogen) atoms. The zero-order valence-corrected chi connectivity index (χ0v) is 25.2. The van der Waals surface area contributed by atoms with Gasteiger partial charge in [-0.15, -0.1) is 6.58 Å². The van der Waals surface area contributed by atoms with Crippen LogP contribution in [0.5, 0.6) is 5.75 Å². The van der Waals surface area contributed by atoms with Crippen molar-refractivity contribution in [1.29, 1.82) is 0 Å². The number of fused-ring (bicyclic) bond motifs is 4. The van der Waals surface area contributed by atoms with Crippen LogP contribution in [0.15, 0.2) is 91.0 Å². The number of amides is 4. The van der Waals surface area contributed by atoms with Crippen LogP contribution in [0, 0.1) is 34.9 Å². The van der Waals surface area contributed by atoms with Crippen LogP contribution in [0.4, 0.5) is 15.8 Å². The predicted octanol–water partition coefficient (Wildman–Crippen LogP) is 6.35. The second kappa shape index (κ2) is 10.5. The molecule has 2 aliphatic heterocycles. The number of phenolic OH excluding ortho intramolecular Hbond substituents is 1. The summed E-state index contributed by atoms with van der Waals surface area (Å²) in [5.41, 5.74) is 1.11. The van der Waals surface area contributed by atoms with E-state index in [0.717, 1.165) is 16.5 Å². The van der Waals surface area contributed by atoms with E-state index in [-0.39, 0.29) is 41.1 Å². The molecule has 0 radical (unpaired) electrons. The topological polar surface area (TPSA) is 95.0 Å². The monoisotopic (exact) mass is 624 g/mol. The fourth-order valence-corrected chi connectivity index (χ4v) is 8.40. The van der Waals surface area contributed by atoms with E-state index < -0.39 is 52.6 Å². The lowest BCUT2D eigenvalue weighted by molar-refractivity contribution is -0.131. The van der Waals surface area contributed by atoms with Crippen LogP contribution in [0.2, 0.25) is 5.02 Å². The van der Waals surface area contributed by atoms with Crippen LogP contribution in [0.3, 0.4) is 0 Å². The number of aromatic hydroxyl groups is 1. The number of halogens is 2. The van der Waals surface area contributed by atoms with Crippen LogP contribution < -0.4 is 9.80 Å². The van der Waals surface area contributed by atoms with Gasteiger partial charge in [0, 0.05) is 11.5 Å². The quantitative estimate of drug-likeness (QED) is 0.264. The van der Waals surface area contributed by atoms with E-state index in [1.165, 1.54) is 17.0 Å². The average Bonchev–Trinajstić information content (AvgIpc) is 3.40. The molecule has 3 fully saturated rings. The number of phenols is 1. The number of carbonyl (C=O) groups is 4. The first kappa shape index (κ1) is 29.2. The number of rotatable bonds is 5. The minimum atomic E-state index is -1.36. The minimum absolute atomic E-state index is 0.00527. The molecule has 228 valence electrons. The fraction of sp³-hybridized carbons (Fsp3) is 0.278. The van der Waals surface area contributed by atoms with Crippen molar-refractivity contribution in [3.63, 3.8) is 0 Å². The zero-order valence-electron chi connectivity index (χ0n) is 24.5. The largest absolute Gasteiger partial charge is 0.507 e. The van der Waals surface area contributed by atoms with Crippen molar-refractivity contribution in [2.24, 2.45) is 29.1 Å². The minimum Gasteiger partial charge on any atom is -0.507 e. The predicted molar refractivity (Wildman–Crippen MR) is 167 cm³/mol. The van der Waals surface area contributed by atoms with Gasteiger partial charge >= 0.3 is 0 Å². The normalized spacial score (nSPS) is 29.0. The third kappa shape index (κ3) is 4.08. The van der Waals surface area contributed by atoms with Gasteiger partial charge in [0.15, 0.2) is 0 Å². The first-order valence-electron chi connectivity index (χ1n) is 15.0. The highest BCUT2D eigenvalue weighted by Crippen LogP contribution is 2.64. The molecule has 3 aromatic carbocycles. The smallest absolute Gasteiger partial charge is 0.241 e. The van der Waals surface area contributed by atoms with Crippen molar-refractivity contribution in [2.45, 2.75) is 32.1 Å². The van der Waals surface area contributed by atoms with Gasteiger partial charge in [0.1, 0.15) is 11.6 Å². The highest BCUT2D eigenvalue weighted by Gasteiger charge is 2.68. The van der Waals surface area contributed by atoms with Crippen molar-refractivity contribution in [2.75, 3.05) is 9.80 Å². The first-order chi connectivity index (χ1) is 21.6. The van der Waals surface area contributed by atoms with Crippen molar-refractivity contribution < 1.29 is 28.7 Å². The molecule has 1 N–H and O–H groups in total. The number of benzene rings is 3. The summed E-state index contributed by atoms with van der Waals surface area (Å²) < 4.78 is 14.1. The van der Waals surface area contributed by atoms with Gasteiger partial charge in [0.2, 0.25) is 23.6 Å². The molecule has 0 bridgehead atoms. The summed E-state index contributed by atoms with van der Waals surface area (Å²) in [6.45, 7) is 5.53. The second-order valence-electron chi connectivity index (χ2n) is 12.5. The Kier molecular flexibility index (Phi) is 6.82. The second-order valence-corrected chi connectivity index (χ2v) is 12.9. The van der Waals surface area contributed by atoms with Crippen LogP contribution in [-0.4, -0.2) is 28.7 Å². The van der Waals surface area contributed by atoms with Crippen molar-refractivity contribution in [1.82, 2.24) is 0 Å². The van der Waals surface area contributed by atoms with Crippen molar-refractivity contribution in [3.05, 3.63) is 113 Å². The van der Waals surface area contributed by atoms with Crippen molar-refractivity contribution in [3.8, 4) is 5.75 Å². The maximum Gasteiger partial charge on any atom is 0.241 e. The number of anilines is 2. The number of imide groups is 2. The first-order valence-corrected chi connectivity index (χ1v) is 15.3. The van der Waals surface area contributed by atoms with E-state index in [4.69, 9.17) is 11.6 Å². The summed E-state index contributed by atoms with van der Waals surface area (Å²) in [7, 11) is 0. The highest BCUT2D eigenvalue weighted by atomic mass is 35.5. The third-order valence-corrected chi connectivity index (χ3v) is 10.6. The van der Waals surface area contributed by atoms with Crippen molar-refractivity contribution >= 4 is 46.6 Å². The van der Waals surface area contributed by atoms with Gasteiger partial charge in [0.25, 0.3) is 0 Å². The van der Waals surface area contributed by atoms with Gasteiger partial charge in [-0.3, -0.25) is 24.1 Å².